The van der Waals surface area contributed by atoms with Crippen LogP contribution in [0.25, 0.3) is 5.82 Å². The van der Waals surface area contributed by atoms with Crippen LogP contribution < -0.4 is 11.1 Å². The Morgan fingerprint density at radius 3 is 2.67 bits per heavy atom. The maximum absolute atomic E-state index is 13.7. The van der Waals surface area contributed by atoms with Gasteiger partial charge in [0, 0.05) is 6.42 Å². The molecule has 3 N–H and O–H groups in total. The molecule has 176 valence electrons. The first-order chi connectivity index (χ1) is 15.4. The molecular formula is C20H21F3N6O4. The number of primary amides is 1. The highest BCUT2D eigenvalue weighted by atomic mass is 19.4. The fourth-order valence-electron chi connectivity index (χ4n) is 4.07. The number of ether oxygens (including phenoxy) is 1. The number of cyclic esters (lactones) is 1. The highest BCUT2D eigenvalue weighted by molar-refractivity contribution is 6.00. The quantitative estimate of drug-likeness (QED) is 0.652. The van der Waals surface area contributed by atoms with Crippen molar-refractivity contribution in [1.82, 2.24) is 19.7 Å². The molecule has 1 aliphatic carbocycles. The third-order valence-corrected chi connectivity index (χ3v) is 5.50. The molecule has 2 aliphatic rings. The molecule has 1 unspecified atom stereocenters. The van der Waals surface area contributed by atoms with Crippen LogP contribution in [-0.2, 0) is 22.1 Å². The van der Waals surface area contributed by atoms with Gasteiger partial charge in [-0.05, 0) is 24.7 Å². The molecule has 1 aliphatic heterocycles. The minimum atomic E-state index is -4.86. The number of halogens is 3. The van der Waals surface area contributed by atoms with Gasteiger partial charge >= 0.3 is 12.1 Å². The van der Waals surface area contributed by atoms with Crippen LogP contribution in [0.3, 0.4) is 0 Å². The third kappa shape index (κ3) is 4.26. The normalized spacial score (nSPS) is 20.2. The van der Waals surface area contributed by atoms with Gasteiger partial charge in [-0.2, -0.15) is 18.3 Å². The van der Waals surface area contributed by atoms with Crippen LogP contribution in [0.2, 0.25) is 0 Å². The zero-order chi connectivity index (χ0) is 24.1. The topological polar surface area (TPSA) is 142 Å². The molecule has 33 heavy (non-hydrogen) atoms. The number of esters is 1. The number of ketones is 1. The molecule has 1 amide bonds. The molecule has 2 aromatic heterocycles. The Morgan fingerprint density at radius 2 is 2.03 bits per heavy atom. The predicted octanol–water partition coefficient (Wildman–Crippen LogP) is 2.05. The molecule has 4 rings (SSSR count). The number of Topliss-reactive ketones (excluding diaryl/α,β-unsaturated/α-hetero) is 1. The Morgan fingerprint density at radius 1 is 1.30 bits per heavy atom. The van der Waals surface area contributed by atoms with Crippen molar-refractivity contribution < 1.29 is 32.3 Å². The average molecular weight is 466 g/mol. The monoisotopic (exact) mass is 466 g/mol. The molecule has 0 spiro atoms. The summed E-state index contributed by atoms with van der Waals surface area (Å²) in [5.41, 5.74) is 2.71. The lowest BCUT2D eigenvalue weighted by Gasteiger charge is -2.29. The van der Waals surface area contributed by atoms with Crippen LogP contribution >= 0.6 is 0 Å². The van der Waals surface area contributed by atoms with Crippen molar-refractivity contribution in [2.24, 2.45) is 11.1 Å². The summed E-state index contributed by atoms with van der Waals surface area (Å²) >= 11 is 0. The van der Waals surface area contributed by atoms with Gasteiger partial charge in [0.15, 0.2) is 28.8 Å². The number of aromatic nitrogens is 4. The minimum Gasteiger partial charge on any atom is -0.464 e. The van der Waals surface area contributed by atoms with E-state index < -0.39 is 46.6 Å². The molecule has 0 saturated carbocycles. The van der Waals surface area contributed by atoms with Crippen molar-refractivity contribution in [1.29, 1.82) is 0 Å². The highest BCUT2D eigenvalue weighted by Crippen LogP contribution is 2.41. The summed E-state index contributed by atoms with van der Waals surface area (Å²) in [7, 11) is 0. The van der Waals surface area contributed by atoms with Crippen LogP contribution in [0.4, 0.5) is 19.0 Å². The number of rotatable bonds is 4. The second-order valence-corrected chi connectivity index (χ2v) is 8.82. The lowest BCUT2D eigenvalue weighted by atomic mass is 9.75. The Kier molecular flexibility index (Phi) is 5.37. The summed E-state index contributed by atoms with van der Waals surface area (Å²) < 4.78 is 46.9. The van der Waals surface area contributed by atoms with Crippen LogP contribution in [-0.4, -0.2) is 50.1 Å². The molecule has 1 atom stereocenters. The Bertz CT molecular complexity index is 1160. The smallest absolute Gasteiger partial charge is 0.435 e. The summed E-state index contributed by atoms with van der Waals surface area (Å²) in [6.45, 7) is 3.79. The van der Waals surface area contributed by atoms with E-state index >= 15 is 0 Å². The van der Waals surface area contributed by atoms with Crippen molar-refractivity contribution in [2.45, 2.75) is 51.7 Å². The van der Waals surface area contributed by atoms with Gasteiger partial charge in [-0.1, -0.05) is 13.8 Å². The Balaban J connectivity index is 1.85. The summed E-state index contributed by atoms with van der Waals surface area (Å²) in [4.78, 5) is 44.6. The van der Waals surface area contributed by atoms with Gasteiger partial charge in [-0.3, -0.25) is 9.59 Å². The van der Waals surface area contributed by atoms with E-state index in [0.29, 0.717) is 12.8 Å². The number of hydrogen-bond acceptors (Lipinski definition) is 8. The molecule has 0 aromatic carbocycles. The van der Waals surface area contributed by atoms with E-state index in [4.69, 9.17) is 10.5 Å². The molecule has 13 heteroatoms. The third-order valence-electron chi connectivity index (χ3n) is 5.50. The number of fused-ring (bicyclic) bond motifs is 1. The molecule has 10 nitrogen and oxygen atoms in total. The lowest BCUT2D eigenvalue weighted by molar-refractivity contribution is -0.148. The van der Waals surface area contributed by atoms with Gasteiger partial charge in [0.25, 0.3) is 5.91 Å². The van der Waals surface area contributed by atoms with Gasteiger partial charge in [0.05, 0.1) is 24.1 Å². The van der Waals surface area contributed by atoms with Crippen molar-refractivity contribution in [3.05, 3.63) is 28.8 Å². The molecule has 3 heterocycles. The largest absolute Gasteiger partial charge is 0.464 e. The van der Waals surface area contributed by atoms with E-state index in [1.54, 1.807) is 13.8 Å². The van der Waals surface area contributed by atoms with E-state index in [9.17, 15) is 27.6 Å². The van der Waals surface area contributed by atoms with E-state index in [0.717, 1.165) is 10.9 Å². The molecule has 2 aromatic rings. The van der Waals surface area contributed by atoms with Crippen LogP contribution in [0.15, 0.2) is 6.20 Å². The van der Waals surface area contributed by atoms with Crippen LogP contribution in [0.1, 0.15) is 65.3 Å². The number of alkyl halides is 3. The fourth-order valence-corrected chi connectivity index (χ4v) is 4.07. The van der Waals surface area contributed by atoms with E-state index in [2.05, 4.69) is 20.4 Å². The van der Waals surface area contributed by atoms with Crippen LogP contribution in [0.5, 0.6) is 0 Å². The number of hydrogen-bond donors (Lipinski definition) is 2. The zero-order valence-electron chi connectivity index (χ0n) is 17.8. The van der Waals surface area contributed by atoms with Gasteiger partial charge < -0.3 is 15.8 Å². The lowest BCUT2D eigenvalue weighted by Crippen LogP contribution is -2.36. The summed E-state index contributed by atoms with van der Waals surface area (Å²) in [6.07, 6.45) is -2.78. The molecular weight excluding hydrogens is 445 g/mol. The number of anilines is 1. The number of carbonyl (C=O) groups excluding carboxylic acids is 3. The molecule has 0 bridgehead atoms. The molecule has 1 fully saturated rings. The number of carbonyl (C=O) groups is 3. The van der Waals surface area contributed by atoms with E-state index in [-0.39, 0.29) is 42.5 Å². The maximum Gasteiger partial charge on any atom is 0.435 e. The van der Waals surface area contributed by atoms with Gasteiger partial charge in [-0.25, -0.2) is 19.4 Å². The summed E-state index contributed by atoms with van der Waals surface area (Å²) in [5.74, 6) is -2.53. The van der Waals surface area contributed by atoms with Crippen molar-refractivity contribution >= 4 is 23.5 Å². The van der Waals surface area contributed by atoms with Gasteiger partial charge in [-0.15, -0.1) is 0 Å². The fraction of sp³-hybridized carbons (Fsp3) is 0.500. The van der Waals surface area contributed by atoms with Crippen LogP contribution in [0, 0.1) is 5.41 Å². The Labute approximate surface area is 185 Å². The van der Waals surface area contributed by atoms with Crippen molar-refractivity contribution in [3.63, 3.8) is 0 Å². The SMILES string of the molecule is CC1(C)CC(=O)c2c(C(F)(F)F)nn(-c3cnc(C(N)=O)c(NC4CCCOC4=O)n3)c2C1. The highest BCUT2D eigenvalue weighted by Gasteiger charge is 2.45. The minimum absolute atomic E-state index is 0.0488. The maximum atomic E-state index is 13.7. The first-order valence-electron chi connectivity index (χ1n) is 10.2. The van der Waals surface area contributed by atoms with Crippen molar-refractivity contribution in [2.75, 3.05) is 11.9 Å². The van der Waals surface area contributed by atoms with Gasteiger partial charge in [0.1, 0.15) is 6.04 Å². The van der Waals surface area contributed by atoms with Gasteiger partial charge in [0.2, 0.25) is 0 Å². The predicted molar refractivity (Wildman–Crippen MR) is 107 cm³/mol. The second kappa shape index (κ2) is 7.81. The summed E-state index contributed by atoms with van der Waals surface area (Å²) in [5, 5.41) is 6.41. The number of nitrogens with zero attached hydrogens (tertiary/aromatic N) is 4. The number of amides is 1. The number of nitrogens with two attached hydrogens (primary N) is 1. The second-order valence-electron chi connectivity index (χ2n) is 8.82. The Hall–Kier alpha value is -3.51. The molecule has 1 saturated heterocycles. The first kappa shape index (κ1) is 22.7. The molecule has 0 radical (unpaired) electrons. The standard InChI is InChI=1S/C20H21F3N6O4/c1-19(2)6-10-13(11(30)7-19)15(20(21,22)23)28-29(10)12-8-25-14(16(24)31)17(27-12)26-9-4-3-5-33-18(9)32/h8-9H,3-7H2,1-2H3,(H2,24,31)(H,26,27). The van der Waals surface area contributed by atoms with E-state index in [1.165, 1.54) is 0 Å². The summed E-state index contributed by atoms with van der Waals surface area (Å²) in [6, 6.07) is -0.834. The average Bonchev–Trinajstić information content (AvgIpc) is 3.08. The first-order valence-corrected chi connectivity index (χ1v) is 10.2. The zero-order valence-corrected chi connectivity index (χ0v) is 17.8. The number of nitrogens with one attached hydrogen (secondary N) is 1. The van der Waals surface area contributed by atoms with Crippen molar-refractivity contribution in [3.8, 4) is 5.82 Å². The van der Waals surface area contributed by atoms with E-state index in [1.807, 2.05) is 0 Å².